The molecule has 2 aromatic carbocycles. The maximum atomic E-state index is 13.2. The van der Waals surface area contributed by atoms with E-state index < -0.39 is 6.10 Å². The number of nitrogens with zero attached hydrogens (tertiary/aromatic N) is 1. The lowest BCUT2D eigenvalue weighted by Gasteiger charge is -2.44. The topological polar surface area (TPSA) is 47.9 Å². The highest BCUT2D eigenvalue weighted by atomic mass is 127. The second kappa shape index (κ2) is 8.04. The van der Waals surface area contributed by atoms with E-state index in [4.69, 9.17) is 14.2 Å². The van der Waals surface area contributed by atoms with Crippen LogP contribution in [0, 0.1) is 5.82 Å². The molecule has 28 heavy (non-hydrogen) atoms. The minimum absolute atomic E-state index is 0. The van der Waals surface area contributed by atoms with Crippen LogP contribution in [-0.4, -0.2) is 44.1 Å². The van der Waals surface area contributed by atoms with Crippen LogP contribution < -0.4 is 38.2 Å². The van der Waals surface area contributed by atoms with Crippen LogP contribution in [0.5, 0.6) is 17.2 Å². The minimum Gasteiger partial charge on any atom is -1.00 e. The van der Waals surface area contributed by atoms with E-state index in [9.17, 15) is 9.50 Å². The molecule has 2 atom stereocenters. The van der Waals surface area contributed by atoms with Crippen molar-refractivity contribution in [3.05, 3.63) is 52.8 Å². The Morgan fingerprint density at radius 2 is 1.96 bits per heavy atom. The summed E-state index contributed by atoms with van der Waals surface area (Å²) in [4.78, 5) is 0. The van der Waals surface area contributed by atoms with Crippen molar-refractivity contribution >= 4 is 0 Å². The molecule has 2 heterocycles. The number of halogens is 2. The molecule has 0 radical (unpaired) electrons. The number of methoxy groups -OCH3 is 1. The van der Waals surface area contributed by atoms with E-state index >= 15 is 0 Å². The molecule has 0 aromatic heterocycles. The van der Waals surface area contributed by atoms with Crippen molar-refractivity contribution in [3.63, 3.8) is 0 Å². The highest BCUT2D eigenvalue weighted by molar-refractivity contribution is 5.61. The minimum atomic E-state index is -0.700. The fraction of sp³-hybridized carbons (Fsp3) is 0.429. The highest BCUT2D eigenvalue weighted by Gasteiger charge is 2.42. The fourth-order valence-corrected chi connectivity index (χ4v) is 4.20. The molecule has 2 unspecified atom stereocenters. The third kappa shape index (κ3) is 3.67. The molecular formula is C21H25FINO4. The quantitative estimate of drug-likeness (QED) is 0.486. The number of hydrogen-bond acceptors (Lipinski definition) is 4. The van der Waals surface area contributed by atoms with Crippen LogP contribution in [-0.2, 0) is 6.42 Å². The van der Waals surface area contributed by atoms with E-state index in [0.717, 1.165) is 28.8 Å². The van der Waals surface area contributed by atoms with Crippen molar-refractivity contribution in [1.82, 2.24) is 0 Å². The Bertz CT molecular complexity index is 856. The lowest BCUT2D eigenvalue weighted by atomic mass is 9.85. The first-order valence-corrected chi connectivity index (χ1v) is 9.16. The number of ether oxygens (including phenoxy) is 3. The second-order valence-electron chi connectivity index (χ2n) is 7.79. The Kier molecular flexibility index (Phi) is 6.07. The Hall–Kier alpha value is -1.58. The summed E-state index contributed by atoms with van der Waals surface area (Å²) in [6, 6.07) is 8.09. The Balaban J connectivity index is 0.00000225. The van der Waals surface area contributed by atoms with Gasteiger partial charge in [0.25, 0.3) is 0 Å². The summed E-state index contributed by atoms with van der Waals surface area (Å²) in [5, 5.41) is 10.8. The number of benzene rings is 2. The first kappa shape index (κ1) is 21.1. The van der Waals surface area contributed by atoms with Gasteiger partial charge in [0.15, 0.2) is 11.5 Å². The first-order chi connectivity index (χ1) is 12.9. The van der Waals surface area contributed by atoms with E-state index in [-0.39, 0.29) is 42.6 Å². The molecule has 5 nitrogen and oxygen atoms in total. The zero-order valence-corrected chi connectivity index (χ0v) is 18.4. The van der Waals surface area contributed by atoms with Crippen LogP contribution in [0.4, 0.5) is 4.39 Å². The van der Waals surface area contributed by atoms with Gasteiger partial charge in [0, 0.05) is 12.8 Å². The normalized spacial score (nSPS) is 20.1. The highest BCUT2D eigenvalue weighted by Crippen LogP contribution is 2.52. The van der Waals surface area contributed by atoms with Gasteiger partial charge in [0.1, 0.15) is 11.9 Å². The van der Waals surface area contributed by atoms with Crippen LogP contribution in [0.3, 0.4) is 0 Å². The van der Waals surface area contributed by atoms with Gasteiger partial charge in [0.05, 0.1) is 39.4 Å². The van der Waals surface area contributed by atoms with Gasteiger partial charge < -0.3 is 47.8 Å². The van der Waals surface area contributed by atoms with Crippen LogP contribution in [0.2, 0.25) is 0 Å². The van der Waals surface area contributed by atoms with Gasteiger partial charge in [0.2, 0.25) is 12.5 Å². The van der Waals surface area contributed by atoms with Gasteiger partial charge >= 0.3 is 0 Å². The molecule has 0 aliphatic carbocycles. The molecule has 2 aromatic rings. The number of rotatable bonds is 4. The van der Waals surface area contributed by atoms with Crippen molar-refractivity contribution in [2.24, 2.45) is 0 Å². The van der Waals surface area contributed by atoms with Gasteiger partial charge in [-0.05, 0) is 29.3 Å². The summed E-state index contributed by atoms with van der Waals surface area (Å²) in [6.45, 7) is 1.13. The number of aliphatic hydroxyl groups is 1. The molecule has 7 heteroatoms. The average molecular weight is 501 g/mol. The largest absolute Gasteiger partial charge is 1.00 e. The Morgan fingerprint density at radius 3 is 2.64 bits per heavy atom. The third-order valence-electron chi connectivity index (χ3n) is 5.78. The van der Waals surface area contributed by atoms with Gasteiger partial charge in [-0.2, -0.15) is 0 Å². The molecule has 0 saturated carbocycles. The fourth-order valence-electron chi connectivity index (χ4n) is 4.20. The van der Waals surface area contributed by atoms with Gasteiger partial charge in [-0.25, -0.2) is 4.39 Å². The molecular weight excluding hydrogens is 476 g/mol. The summed E-state index contributed by atoms with van der Waals surface area (Å²) < 4.78 is 30.9. The van der Waals surface area contributed by atoms with Crippen LogP contribution in [0.25, 0.3) is 0 Å². The van der Waals surface area contributed by atoms with Gasteiger partial charge in [-0.1, -0.05) is 12.1 Å². The second-order valence-corrected chi connectivity index (χ2v) is 7.79. The molecule has 2 aliphatic heterocycles. The summed E-state index contributed by atoms with van der Waals surface area (Å²) in [5.74, 6) is 1.75. The standard InChI is InChI=1S/C21H25FNO4.HI/c1-23(2)9-8-14-10-18-20(27-12-26-18)21(25-3)19(14)16(23)11-17(24)13-4-6-15(22)7-5-13;/h4-7,10,16-17,24H,8-9,11-12H2,1-3H3;1H/q+1;/p-1. The van der Waals surface area contributed by atoms with E-state index in [1.54, 1.807) is 19.2 Å². The molecule has 2 aliphatic rings. The predicted octanol–water partition coefficient (Wildman–Crippen LogP) is 0.364. The zero-order valence-electron chi connectivity index (χ0n) is 16.2. The smallest absolute Gasteiger partial charge is 0.231 e. The lowest BCUT2D eigenvalue weighted by molar-refractivity contribution is -0.924. The van der Waals surface area contributed by atoms with Crippen molar-refractivity contribution in [3.8, 4) is 17.2 Å². The Labute approximate surface area is 181 Å². The van der Waals surface area contributed by atoms with E-state index in [1.807, 2.05) is 6.07 Å². The molecule has 0 amide bonds. The number of aliphatic hydroxyl groups excluding tert-OH is 1. The summed E-state index contributed by atoms with van der Waals surface area (Å²) in [7, 11) is 5.96. The SMILES string of the molecule is COc1c2c(cc3c1C(CC(O)c1ccc(F)cc1)[N+](C)(C)CC3)OCO2.[I-]. The third-order valence-corrected chi connectivity index (χ3v) is 5.78. The van der Waals surface area contributed by atoms with Gasteiger partial charge in [-0.3, -0.25) is 0 Å². The number of quaternary nitrogens is 1. The van der Waals surface area contributed by atoms with E-state index in [1.165, 1.54) is 17.7 Å². The summed E-state index contributed by atoms with van der Waals surface area (Å²) in [6.07, 6.45) is 0.703. The Morgan fingerprint density at radius 1 is 1.25 bits per heavy atom. The molecule has 152 valence electrons. The monoisotopic (exact) mass is 501 g/mol. The molecule has 0 bridgehead atoms. The number of likely N-dealkylation sites (N-methyl/N-ethyl adjacent to an activating group) is 1. The maximum absolute atomic E-state index is 13.2. The summed E-state index contributed by atoms with van der Waals surface area (Å²) in [5.41, 5.74) is 2.95. The van der Waals surface area contributed by atoms with Gasteiger partial charge in [-0.15, -0.1) is 0 Å². The molecule has 0 fully saturated rings. The van der Waals surface area contributed by atoms with Crippen molar-refractivity contribution in [2.75, 3.05) is 34.5 Å². The molecule has 1 N–H and O–H groups in total. The molecule has 0 saturated heterocycles. The van der Waals surface area contributed by atoms with Crippen LogP contribution >= 0.6 is 0 Å². The van der Waals surface area contributed by atoms with Crippen molar-refractivity contribution in [1.29, 1.82) is 0 Å². The zero-order chi connectivity index (χ0) is 19.2. The van der Waals surface area contributed by atoms with Crippen LogP contribution in [0.1, 0.15) is 35.3 Å². The van der Waals surface area contributed by atoms with E-state index in [2.05, 4.69) is 14.1 Å². The lowest BCUT2D eigenvalue weighted by Crippen LogP contribution is -3.00. The average Bonchev–Trinajstić information content (AvgIpc) is 3.11. The van der Waals surface area contributed by atoms with Crippen molar-refractivity contribution < 1.29 is 52.2 Å². The molecule has 4 rings (SSSR count). The predicted molar refractivity (Wildman–Crippen MR) is 98.5 cm³/mol. The first-order valence-electron chi connectivity index (χ1n) is 9.16. The number of fused-ring (bicyclic) bond motifs is 2. The summed E-state index contributed by atoms with van der Waals surface area (Å²) >= 11 is 0. The maximum Gasteiger partial charge on any atom is 0.231 e. The van der Waals surface area contributed by atoms with Crippen molar-refractivity contribution in [2.45, 2.75) is 25.0 Å². The molecule has 0 spiro atoms. The number of hydrogen-bond donors (Lipinski definition) is 1. The van der Waals surface area contributed by atoms with Crippen LogP contribution in [0.15, 0.2) is 30.3 Å². The van der Waals surface area contributed by atoms with E-state index in [0.29, 0.717) is 23.5 Å².